The highest BCUT2D eigenvalue weighted by Gasteiger charge is 2.57. The highest BCUT2D eigenvalue weighted by Crippen LogP contribution is 2.48. The van der Waals surface area contributed by atoms with Crippen molar-refractivity contribution in [2.24, 2.45) is 11.8 Å². The third-order valence-electron chi connectivity index (χ3n) is 6.62. The molecule has 1 aliphatic heterocycles. The summed E-state index contributed by atoms with van der Waals surface area (Å²) in [4.78, 5) is 18.9. The maximum Gasteiger partial charge on any atom is 0.255 e. The summed E-state index contributed by atoms with van der Waals surface area (Å²) in [6, 6.07) is 11.2. The van der Waals surface area contributed by atoms with Crippen LogP contribution in [0.2, 0.25) is 0 Å². The van der Waals surface area contributed by atoms with Gasteiger partial charge in [0.05, 0.1) is 25.3 Å². The number of ketones is 1. The summed E-state index contributed by atoms with van der Waals surface area (Å²) in [6.45, 7) is 5.28. The number of aromatic nitrogens is 1. The fraction of sp³-hybridized carbons (Fsp3) is 0.538. The number of aliphatic hydroxyl groups is 1. The van der Waals surface area contributed by atoms with Gasteiger partial charge >= 0.3 is 0 Å². The van der Waals surface area contributed by atoms with Gasteiger partial charge in [0, 0.05) is 38.3 Å². The Morgan fingerprint density at radius 2 is 1.91 bits per heavy atom. The zero-order valence-electron chi connectivity index (χ0n) is 19.6. The fourth-order valence-electron chi connectivity index (χ4n) is 4.12. The molecule has 2 heterocycles. The molecule has 2 aliphatic rings. The number of hydrogen-bond donors (Lipinski definition) is 1. The number of ether oxygens (including phenoxy) is 2. The number of pyridine rings is 1. The molecule has 184 valence electrons. The largest absolute Gasteiger partial charge is 0.491 e. The average molecular weight is 475 g/mol. The van der Waals surface area contributed by atoms with Crippen molar-refractivity contribution in [2.75, 3.05) is 31.2 Å². The predicted molar refractivity (Wildman–Crippen MR) is 125 cm³/mol. The Hall–Kier alpha value is -2.74. The second-order valence-corrected chi connectivity index (χ2v) is 9.55. The molecule has 0 spiro atoms. The molecule has 1 saturated carbocycles. The van der Waals surface area contributed by atoms with E-state index in [4.69, 9.17) is 14.6 Å². The molecule has 4 atom stereocenters. The average Bonchev–Trinajstić information content (AvgIpc) is 3.20. The first-order valence-corrected chi connectivity index (χ1v) is 11.9. The van der Waals surface area contributed by atoms with Crippen LogP contribution in [0.3, 0.4) is 0 Å². The first-order chi connectivity index (χ1) is 16.2. The molecule has 1 N–H and O–H groups in total. The third-order valence-corrected chi connectivity index (χ3v) is 6.62. The molecule has 6 nitrogen and oxygen atoms in total. The van der Waals surface area contributed by atoms with Crippen molar-refractivity contribution in [3.05, 3.63) is 48.2 Å². The van der Waals surface area contributed by atoms with Gasteiger partial charge in [-0.3, -0.25) is 4.79 Å². The number of hydrogen-bond acceptors (Lipinski definition) is 6. The quantitative estimate of drug-likeness (QED) is 0.518. The molecule has 1 saturated heterocycles. The van der Waals surface area contributed by atoms with Crippen molar-refractivity contribution in [1.29, 1.82) is 0 Å². The predicted octanol–water partition coefficient (Wildman–Crippen LogP) is 4.46. The van der Waals surface area contributed by atoms with Crippen molar-refractivity contribution in [3.8, 4) is 11.5 Å². The first-order valence-electron chi connectivity index (χ1n) is 11.9. The monoisotopic (exact) mass is 474 g/mol. The molecule has 4 rings (SSSR count). The maximum absolute atomic E-state index is 13.0. The van der Waals surface area contributed by atoms with Crippen LogP contribution in [-0.2, 0) is 4.79 Å². The number of rotatable bonds is 11. The van der Waals surface area contributed by atoms with Gasteiger partial charge in [0.2, 0.25) is 0 Å². The molecule has 2 aromatic rings. The number of nitrogens with zero attached hydrogens (tertiary/aromatic N) is 2. The highest BCUT2D eigenvalue weighted by molar-refractivity contribution is 5.85. The lowest BCUT2D eigenvalue weighted by Crippen LogP contribution is -2.25. The molecule has 3 unspecified atom stereocenters. The minimum atomic E-state index is -2.58. The fourth-order valence-corrected chi connectivity index (χ4v) is 4.12. The van der Waals surface area contributed by atoms with Gasteiger partial charge in [0.1, 0.15) is 29.2 Å². The summed E-state index contributed by atoms with van der Waals surface area (Å²) in [7, 11) is 0. The number of carbonyl (C=O) groups is 1. The van der Waals surface area contributed by atoms with Crippen molar-refractivity contribution in [2.45, 2.75) is 51.1 Å². The van der Waals surface area contributed by atoms with Gasteiger partial charge in [-0.15, -0.1) is 0 Å². The van der Waals surface area contributed by atoms with E-state index >= 15 is 0 Å². The molecule has 8 heteroatoms. The highest BCUT2D eigenvalue weighted by atomic mass is 19.3. The topological polar surface area (TPSA) is 71.9 Å². The summed E-state index contributed by atoms with van der Waals surface area (Å²) in [5.74, 6) is -1.33. The lowest BCUT2D eigenvalue weighted by atomic mass is 9.91. The number of alkyl halides is 2. The molecule has 2 fully saturated rings. The Morgan fingerprint density at radius 1 is 1.21 bits per heavy atom. The van der Waals surface area contributed by atoms with Crippen molar-refractivity contribution < 1.29 is 28.2 Å². The van der Waals surface area contributed by atoms with Crippen molar-refractivity contribution in [3.63, 3.8) is 0 Å². The molecule has 0 bridgehead atoms. The number of Topliss-reactive ketones (excluding diaryl/α,β-unsaturated/α-hetero) is 1. The first kappa shape index (κ1) is 24.4. The third kappa shape index (κ3) is 6.03. The van der Waals surface area contributed by atoms with Crippen LogP contribution in [0.15, 0.2) is 42.6 Å². The smallest absolute Gasteiger partial charge is 0.255 e. The van der Waals surface area contributed by atoms with E-state index in [0.29, 0.717) is 18.7 Å². The molecule has 1 aliphatic carbocycles. The minimum absolute atomic E-state index is 0.0129. The zero-order chi connectivity index (χ0) is 24.3. The van der Waals surface area contributed by atoms with Crippen LogP contribution >= 0.6 is 0 Å². The summed E-state index contributed by atoms with van der Waals surface area (Å²) < 4.78 is 37.5. The van der Waals surface area contributed by atoms with Gasteiger partial charge in [-0.05, 0) is 35.7 Å². The molecule has 0 amide bonds. The maximum atomic E-state index is 13.0. The summed E-state index contributed by atoms with van der Waals surface area (Å²) in [5, 5.41) is 9.16. The number of benzene rings is 1. The number of halogens is 2. The van der Waals surface area contributed by atoms with E-state index in [2.05, 4.69) is 9.88 Å². The molecule has 34 heavy (non-hydrogen) atoms. The molecular formula is C26H32F2N2O4. The number of aliphatic hydroxyl groups excluding tert-OH is 1. The Kier molecular flexibility index (Phi) is 7.36. The van der Waals surface area contributed by atoms with Gasteiger partial charge in [-0.1, -0.05) is 26.0 Å². The SMILES string of the molecule is CC(C(=O)C[C@H](C)CO)c1ccc(OC2CCN(c3ccc(OCC4CC4(F)F)cn3)C2)cc1. The van der Waals surface area contributed by atoms with Crippen molar-refractivity contribution >= 4 is 11.6 Å². The second kappa shape index (κ2) is 10.3. The molecule has 0 radical (unpaired) electrons. The van der Waals surface area contributed by atoms with Gasteiger partial charge in [-0.2, -0.15) is 0 Å². The van der Waals surface area contributed by atoms with E-state index in [1.54, 1.807) is 12.3 Å². The Morgan fingerprint density at radius 3 is 2.53 bits per heavy atom. The van der Waals surface area contributed by atoms with Crippen LogP contribution < -0.4 is 14.4 Å². The van der Waals surface area contributed by atoms with E-state index in [1.807, 2.05) is 44.2 Å². The Bertz CT molecular complexity index is 968. The standard InChI is InChI=1S/C26H32F2N2O4/c1-17(15-31)11-24(32)18(2)19-3-5-21(6-4-19)34-23-9-10-30(14-23)25-8-7-22(13-29-25)33-16-20-12-26(20,27)28/h3-8,13,17-18,20,23,31H,9-12,14-16H2,1-2H3/t17-,18?,20?,23?/m0/s1. The molecule has 1 aromatic carbocycles. The van der Waals surface area contributed by atoms with Crippen LogP contribution in [0.5, 0.6) is 11.5 Å². The Labute approximate surface area is 198 Å². The lowest BCUT2D eigenvalue weighted by molar-refractivity contribution is -0.121. The molecular weight excluding hydrogens is 442 g/mol. The van der Waals surface area contributed by atoms with Gasteiger partial charge in [0.15, 0.2) is 0 Å². The van der Waals surface area contributed by atoms with Crippen LogP contribution in [0.4, 0.5) is 14.6 Å². The van der Waals surface area contributed by atoms with Crippen molar-refractivity contribution in [1.82, 2.24) is 4.98 Å². The van der Waals surface area contributed by atoms with E-state index in [1.165, 1.54) is 0 Å². The van der Waals surface area contributed by atoms with Gasteiger partial charge in [0.25, 0.3) is 5.92 Å². The van der Waals surface area contributed by atoms with Crippen LogP contribution in [0.1, 0.15) is 44.6 Å². The number of anilines is 1. The second-order valence-electron chi connectivity index (χ2n) is 9.55. The van der Waals surface area contributed by atoms with E-state index in [-0.39, 0.29) is 43.4 Å². The lowest BCUT2D eigenvalue weighted by Gasteiger charge is -2.19. The summed E-state index contributed by atoms with van der Waals surface area (Å²) in [6.07, 6.45) is 2.71. The van der Waals surface area contributed by atoms with Crippen LogP contribution in [0.25, 0.3) is 0 Å². The minimum Gasteiger partial charge on any atom is -0.491 e. The summed E-state index contributed by atoms with van der Waals surface area (Å²) in [5.41, 5.74) is 0.937. The summed E-state index contributed by atoms with van der Waals surface area (Å²) >= 11 is 0. The normalized spacial score (nSPS) is 22.8. The number of carbonyl (C=O) groups excluding carboxylic acids is 1. The molecule has 1 aromatic heterocycles. The van der Waals surface area contributed by atoms with Crippen LogP contribution in [0, 0.1) is 11.8 Å². The Balaban J connectivity index is 1.25. The van der Waals surface area contributed by atoms with Crippen LogP contribution in [-0.4, -0.2) is 54.2 Å². The van der Waals surface area contributed by atoms with E-state index < -0.39 is 11.8 Å². The van der Waals surface area contributed by atoms with E-state index in [9.17, 15) is 13.6 Å². The van der Waals surface area contributed by atoms with Gasteiger partial charge in [-0.25, -0.2) is 13.8 Å². The zero-order valence-corrected chi connectivity index (χ0v) is 19.6. The van der Waals surface area contributed by atoms with Gasteiger partial charge < -0.3 is 19.5 Å². The van der Waals surface area contributed by atoms with E-state index in [0.717, 1.165) is 30.1 Å².